The number of rotatable bonds is 7. The third-order valence-electron chi connectivity index (χ3n) is 4.73. The molecule has 4 rings (SSSR count). The lowest BCUT2D eigenvalue weighted by molar-refractivity contribution is 0.340. The van der Waals surface area contributed by atoms with Crippen molar-refractivity contribution in [3.05, 3.63) is 84.3 Å². The van der Waals surface area contributed by atoms with Gasteiger partial charge in [0.2, 0.25) is 0 Å². The predicted octanol–water partition coefficient (Wildman–Crippen LogP) is 3.83. The van der Waals surface area contributed by atoms with Crippen LogP contribution in [0.3, 0.4) is 0 Å². The van der Waals surface area contributed by atoms with E-state index in [2.05, 4.69) is 10.2 Å². The smallest absolute Gasteiger partial charge is 0.266 e. The highest BCUT2D eigenvalue weighted by molar-refractivity contribution is 7.92. The van der Waals surface area contributed by atoms with Crippen molar-refractivity contribution in [2.45, 2.75) is 25.3 Å². The number of anilines is 1. The summed E-state index contributed by atoms with van der Waals surface area (Å²) < 4.78 is 35.7. The highest BCUT2D eigenvalue weighted by Gasteiger charge is 2.26. The molecule has 0 radical (unpaired) electrons. The Morgan fingerprint density at radius 3 is 2.43 bits per heavy atom. The Kier molecular flexibility index (Phi) is 5.41. The number of ether oxygens (including phenoxy) is 1. The Morgan fingerprint density at radius 1 is 1.00 bits per heavy atom. The number of aromatic nitrogens is 3. The van der Waals surface area contributed by atoms with Gasteiger partial charge in [0.05, 0.1) is 18.8 Å². The molecule has 8 heteroatoms. The average molecular weight is 423 g/mol. The third kappa shape index (κ3) is 3.99. The van der Waals surface area contributed by atoms with Crippen LogP contribution >= 0.6 is 0 Å². The van der Waals surface area contributed by atoms with E-state index in [1.807, 2.05) is 38.1 Å². The normalized spacial score (nSPS) is 11.5. The second-order valence-corrected chi connectivity index (χ2v) is 8.75. The fraction of sp³-hybridized carbons (Fsp3) is 0.182. The van der Waals surface area contributed by atoms with E-state index in [-0.39, 0.29) is 11.4 Å². The van der Waals surface area contributed by atoms with Gasteiger partial charge in [0.1, 0.15) is 17.0 Å². The van der Waals surface area contributed by atoms with Crippen LogP contribution in [0.2, 0.25) is 0 Å². The molecule has 2 aromatic carbocycles. The quantitative estimate of drug-likeness (QED) is 0.452. The summed E-state index contributed by atoms with van der Waals surface area (Å²) in [5.74, 6) is 0.694. The molecule has 4 aromatic rings. The Hall–Kier alpha value is -3.39. The van der Waals surface area contributed by atoms with Crippen molar-refractivity contribution in [3.8, 4) is 5.75 Å². The number of sulfonamides is 1. The van der Waals surface area contributed by atoms with Gasteiger partial charge in [-0.05, 0) is 55.8 Å². The van der Waals surface area contributed by atoms with Gasteiger partial charge in [-0.25, -0.2) is 8.42 Å². The van der Waals surface area contributed by atoms with Crippen LogP contribution in [0.15, 0.2) is 78.1 Å². The summed E-state index contributed by atoms with van der Waals surface area (Å²) in [6.45, 7) is 4.66. The second-order valence-electron chi connectivity index (χ2n) is 6.89. The molecule has 0 saturated carbocycles. The summed E-state index contributed by atoms with van der Waals surface area (Å²) in [5, 5.41) is 7.76. The SMILES string of the molecule is CCOc1ccc(N(Cc2ccc(C)cc2)S(=O)(=O)c2ccc3nncn3c2)cc1. The molecule has 0 fully saturated rings. The van der Waals surface area contributed by atoms with Crippen LogP contribution in [-0.4, -0.2) is 29.6 Å². The van der Waals surface area contributed by atoms with Gasteiger partial charge < -0.3 is 4.74 Å². The maximum atomic E-state index is 13.6. The van der Waals surface area contributed by atoms with Gasteiger partial charge >= 0.3 is 0 Å². The van der Waals surface area contributed by atoms with Gasteiger partial charge in [-0.3, -0.25) is 8.71 Å². The Balaban J connectivity index is 1.77. The molecule has 0 atom stereocenters. The molecule has 0 bridgehead atoms. The maximum Gasteiger partial charge on any atom is 0.266 e. The Labute approximate surface area is 175 Å². The number of nitrogens with zero attached hydrogens (tertiary/aromatic N) is 4. The number of hydrogen-bond donors (Lipinski definition) is 0. The minimum Gasteiger partial charge on any atom is -0.494 e. The lowest BCUT2D eigenvalue weighted by Crippen LogP contribution is -2.30. The molecule has 0 aliphatic heterocycles. The molecule has 154 valence electrons. The zero-order valence-electron chi connectivity index (χ0n) is 16.8. The van der Waals surface area contributed by atoms with Crippen LogP contribution in [0.4, 0.5) is 5.69 Å². The van der Waals surface area contributed by atoms with Crippen LogP contribution in [0.25, 0.3) is 5.65 Å². The van der Waals surface area contributed by atoms with E-state index in [0.29, 0.717) is 23.7 Å². The molecular weight excluding hydrogens is 400 g/mol. The average Bonchev–Trinajstić information content (AvgIpc) is 3.22. The van der Waals surface area contributed by atoms with E-state index in [1.165, 1.54) is 16.8 Å². The molecule has 0 saturated heterocycles. The van der Waals surface area contributed by atoms with Crippen molar-refractivity contribution < 1.29 is 13.2 Å². The third-order valence-corrected chi connectivity index (χ3v) is 6.49. The van der Waals surface area contributed by atoms with E-state index in [9.17, 15) is 8.42 Å². The largest absolute Gasteiger partial charge is 0.494 e. The van der Waals surface area contributed by atoms with Crippen LogP contribution in [0.5, 0.6) is 5.75 Å². The zero-order valence-corrected chi connectivity index (χ0v) is 17.6. The minimum atomic E-state index is -3.84. The zero-order chi connectivity index (χ0) is 21.1. The van der Waals surface area contributed by atoms with E-state index >= 15 is 0 Å². The fourth-order valence-electron chi connectivity index (χ4n) is 3.14. The standard InChI is InChI=1S/C22H22N4O3S/c1-3-29-20-10-8-19(9-11-20)26(14-18-6-4-17(2)5-7-18)30(27,28)21-12-13-22-24-23-16-25(22)15-21/h4-13,15-16H,3,14H2,1-2H3. The highest BCUT2D eigenvalue weighted by Crippen LogP contribution is 2.28. The first-order chi connectivity index (χ1) is 14.5. The van der Waals surface area contributed by atoms with Gasteiger partial charge in [-0.2, -0.15) is 0 Å². The first-order valence-corrected chi connectivity index (χ1v) is 11.0. The first-order valence-electron chi connectivity index (χ1n) is 9.58. The molecule has 0 amide bonds. The summed E-state index contributed by atoms with van der Waals surface area (Å²) in [6.07, 6.45) is 3.01. The second kappa shape index (κ2) is 8.16. The molecule has 0 unspecified atom stereocenters. The van der Waals surface area contributed by atoms with E-state index in [4.69, 9.17) is 4.74 Å². The maximum absolute atomic E-state index is 13.6. The van der Waals surface area contributed by atoms with Crippen molar-refractivity contribution in [1.29, 1.82) is 0 Å². The molecule has 0 aliphatic carbocycles. The van der Waals surface area contributed by atoms with Crippen LogP contribution in [-0.2, 0) is 16.6 Å². The number of benzene rings is 2. The number of pyridine rings is 1. The van der Waals surface area contributed by atoms with Gasteiger partial charge in [0, 0.05) is 6.20 Å². The molecule has 0 aliphatic rings. The van der Waals surface area contributed by atoms with Crippen LogP contribution in [0, 0.1) is 6.92 Å². The van der Waals surface area contributed by atoms with Gasteiger partial charge in [0.15, 0.2) is 5.65 Å². The molecule has 0 spiro atoms. The van der Waals surface area contributed by atoms with Gasteiger partial charge in [-0.15, -0.1) is 10.2 Å². The molecule has 2 aromatic heterocycles. The molecular formula is C22H22N4O3S. The van der Waals surface area contributed by atoms with E-state index < -0.39 is 10.0 Å². The topological polar surface area (TPSA) is 76.8 Å². The summed E-state index contributed by atoms with van der Waals surface area (Å²) in [4.78, 5) is 0.163. The highest BCUT2D eigenvalue weighted by atomic mass is 32.2. The predicted molar refractivity (Wildman–Crippen MR) is 115 cm³/mol. The number of hydrogen-bond acceptors (Lipinski definition) is 5. The fourth-order valence-corrected chi connectivity index (χ4v) is 4.60. The van der Waals surface area contributed by atoms with Crippen molar-refractivity contribution in [2.75, 3.05) is 10.9 Å². The van der Waals surface area contributed by atoms with Gasteiger partial charge in [-0.1, -0.05) is 29.8 Å². The van der Waals surface area contributed by atoms with Crippen LogP contribution < -0.4 is 9.04 Å². The summed E-state index contributed by atoms with van der Waals surface area (Å²) in [7, 11) is -3.84. The number of aryl methyl sites for hydroxylation is 1. The van der Waals surface area contributed by atoms with Crippen molar-refractivity contribution in [2.24, 2.45) is 0 Å². The van der Waals surface area contributed by atoms with Crippen LogP contribution in [0.1, 0.15) is 18.1 Å². The first kappa shape index (κ1) is 19.9. The van der Waals surface area contributed by atoms with E-state index in [1.54, 1.807) is 40.8 Å². The molecule has 7 nitrogen and oxygen atoms in total. The molecule has 2 heterocycles. The minimum absolute atomic E-state index is 0.163. The number of fused-ring (bicyclic) bond motifs is 1. The lowest BCUT2D eigenvalue weighted by Gasteiger charge is -2.25. The molecule has 0 N–H and O–H groups in total. The Morgan fingerprint density at radius 2 is 1.73 bits per heavy atom. The van der Waals surface area contributed by atoms with Crippen molar-refractivity contribution >= 4 is 21.4 Å². The van der Waals surface area contributed by atoms with E-state index in [0.717, 1.165) is 11.1 Å². The van der Waals surface area contributed by atoms with Crippen molar-refractivity contribution in [3.63, 3.8) is 0 Å². The summed E-state index contributed by atoms with van der Waals surface area (Å²) in [5.41, 5.74) is 3.15. The summed E-state index contributed by atoms with van der Waals surface area (Å²) in [6, 6.07) is 18.1. The van der Waals surface area contributed by atoms with Gasteiger partial charge in [0.25, 0.3) is 10.0 Å². The van der Waals surface area contributed by atoms with Crippen molar-refractivity contribution in [1.82, 2.24) is 14.6 Å². The Bertz CT molecular complexity index is 1250. The molecule has 30 heavy (non-hydrogen) atoms. The monoisotopic (exact) mass is 422 g/mol. The lowest BCUT2D eigenvalue weighted by atomic mass is 10.1. The summed E-state index contributed by atoms with van der Waals surface area (Å²) >= 11 is 0.